The summed E-state index contributed by atoms with van der Waals surface area (Å²) in [4.78, 5) is 39.3. The summed E-state index contributed by atoms with van der Waals surface area (Å²) in [5, 5.41) is 11.5. The minimum absolute atomic E-state index is 0.0170. The number of nitro benzene ring substituents is 1. The predicted octanol–water partition coefficient (Wildman–Crippen LogP) is 5.22. The largest absolute Gasteiger partial charge is 0.497 e. The van der Waals surface area contributed by atoms with Crippen LogP contribution in [0.25, 0.3) is 11.0 Å². The van der Waals surface area contributed by atoms with E-state index in [-0.39, 0.29) is 29.0 Å². The van der Waals surface area contributed by atoms with Gasteiger partial charge in [0.05, 0.1) is 29.0 Å². The van der Waals surface area contributed by atoms with Crippen LogP contribution in [-0.4, -0.2) is 22.8 Å². The molecule has 2 heterocycles. The number of rotatable bonds is 5. The predicted molar refractivity (Wildman–Crippen MR) is 128 cm³/mol. The number of nitrogens with zero attached hydrogens (tertiary/aromatic N) is 2. The molecule has 8 nitrogen and oxygen atoms in total. The highest BCUT2D eigenvalue weighted by molar-refractivity contribution is 9.10. The molecule has 3 aromatic carbocycles. The zero-order valence-electron chi connectivity index (χ0n) is 17.9. The number of hydrogen-bond acceptors (Lipinski definition) is 6. The molecule has 1 unspecified atom stereocenters. The first-order valence-corrected chi connectivity index (χ1v) is 11.1. The Morgan fingerprint density at radius 1 is 1.06 bits per heavy atom. The van der Waals surface area contributed by atoms with Crippen molar-refractivity contribution in [2.45, 2.75) is 12.6 Å². The number of ether oxygens (including phenoxy) is 1. The summed E-state index contributed by atoms with van der Waals surface area (Å²) < 4.78 is 11.8. The van der Waals surface area contributed by atoms with Crippen LogP contribution in [0.15, 0.2) is 80.4 Å². The number of benzene rings is 3. The lowest BCUT2D eigenvalue weighted by molar-refractivity contribution is -0.384. The number of non-ortho nitro benzene ring substituents is 1. The molecule has 0 bridgehead atoms. The molecule has 0 radical (unpaired) electrons. The van der Waals surface area contributed by atoms with E-state index in [1.807, 2.05) is 12.1 Å². The van der Waals surface area contributed by atoms with Gasteiger partial charge in [-0.05, 0) is 53.6 Å². The molecule has 5 rings (SSSR count). The van der Waals surface area contributed by atoms with Crippen LogP contribution in [0.1, 0.15) is 33.3 Å². The molecule has 0 aliphatic carbocycles. The first kappa shape index (κ1) is 21.8. The van der Waals surface area contributed by atoms with Gasteiger partial charge in [0.15, 0.2) is 5.43 Å². The molecule has 0 saturated heterocycles. The number of halogens is 1. The first-order valence-electron chi connectivity index (χ1n) is 10.3. The molecule has 34 heavy (non-hydrogen) atoms. The fourth-order valence-corrected chi connectivity index (χ4v) is 4.57. The third-order valence-corrected chi connectivity index (χ3v) is 6.35. The highest BCUT2D eigenvalue weighted by atomic mass is 79.9. The number of carbonyl (C=O) groups is 1. The van der Waals surface area contributed by atoms with Gasteiger partial charge in [-0.15, -0.1) is 0 Å². The highest BCUT2D eigenvalue weighted by Crippen LogP contribution is 2.39. The van der Waals surface area contributed by atoms with Crippen LogP contribution in [0.5, 0.6) is 5.75 Å². The second kappa shape index (κ2) is 8.42. The number of hydrogen-bond donors (Lipinski definition) is 0. The van der Waals surface area contributed by atoms with Crippen LogP contribution in [-0.2, 0) is 6.54 Å². The summed E-state index contributed by atoms with van der Waals surface area (Å²) >= 11 is 3.38. The van der Waals surface area contributed by atoms with Gasteiger partial charge in [-0.3, -0.25) is 19.7 Å². The third-order valence-electron chi connectivity index (χ3n) is 5.86. The fourth-order valence-electron chi connectivity index (χ4n) is 4.21. The van der Waals surface area contributed by atoms with Crippen molar-refractivity contribution in [2.24, 2.45) is 0 Å². The van der Waals surface area contributed by atoms with E-state index in [1.165, 1.54) is 12.1 Å². The third kappa shape index (κ3) is 3.63. The normalized spacial score (nSPS) is 14.9. The van der Waals surface area contributed by atoms with Crippen LogP contribution < -0.4 is 10.2 Å². The lowest BCUT2D eigenvalue weighted by atomic mass is 9.98. The topological polar surface area (TPSA) is 103 Å². The quantitative estimate of drug-likeness (QED) is 0.264. The molecule has 1 aliphatic heterocycles. The van der Waals surface area contributed by atoms with Crippen molar-refractivity contribution in [3.8, 4) is 5.75 Å². The smallest absolute Gasteiger partial charge is 0.291 e. The number of carbonyl (C=O) groups excluding carboxylic acids is 1. The molecule has 0 N–H and O–H groups in total. The number of fused-ring (bicyclic) bond motifs is 2. The van der Waals surface area contributed by atoms with Gasteiger partial charge < -0.3 is 14.1 Å². The Balaban J connectivity index is 1.68. The SMILES string of the molecule is COc1ccc(CN2C(=O)c3oc4ccc(Br)cc4c(=O)c3C2c2ccc([N+](=O)[O-])cc2)cc1. The van der Waals surface area contributed by atoms with Crippen molar-refractivity contribution in [2.75, 3.05) is 7.11 Å². The Labute approximate surface area is 201 Å². The molecule has 4 aromatic rings. The molecular formula is C25H17BrN2O6. The molecule has 1 atom stereocenters. The van der Waals surface area contributed by atoms with E-state index in [1.54, 1.807) is 54.5 Å². The van der Waals surface area contributed by atoms with Crippen LogP contribution in [0, 0.1) is 10.1 Å². The average molecular weight is 521 g/mol. The molecule has 1 amide bonds. The Morgan fingerprint density at radius 3 is 2.41 bits per heavy atom. The van der Waals surface area contributed by atoms with Crippen molar-refractivity contribution in [3.05, 3.63) is 114 Å². The van der Waals surface area contributed by atoms with Gasteiger partial charge in [0.2, 0.25) is 5.76 Å². The molecule has 170 valence electrons. The van der Waals surface area contributed by atoms with Crippen molar-refractivity contribution < 1.29 is 18.9 Å². The Morgan fingerprint density at radius 2 is 1.76 bits per heavy atom. The minimum atomic E-state index is -0.759. The van der Waals surface area contributed by atoms with E-state index < -0.39 is 16.9 Å². The maximum absolute atomic E-state index is 13.6. The zero-order valence-corrected chi connectivity index (χ0v) is 19.4. The van der Waals surface area contributed by atoms with E-state index in [9.17, 15) is 19.7 Å². The van der Waals surface area contributed by atoms with Gasteiger partial charge >= 0.3 is 0 Å². The van der Waals surface area contributed by atoms with Crippen molar-refractivity contribution in [1.82, 2.24) is 4.90 Å². The molecule has 0 saturated carbocycles. The van der Waals surface area contributed by atoms with Gasteiger partial charge in [-0.2, -0.15) is 0 Å². The van der Waals surface area contributed by atoms with Gasteiger partial charge in [0.1, 0.15) is 11.3 Å². The Hall–Kier alpha value is -3.98. The van der Waals surface area contributed by atoms with Crippen LogP contribution in [0.2, 0.25) is 0 Å². The average Bonchev–Trinajstić information content (AvgIpc) is 3.12. The number of amides is 1. The lowest BCUT2D eigenvalue weighted by Crippen LogP contribution is -2.29. The molecule has 0 fully saturated rings. The fraction of sp³-hybridized carbons (Fsp3) is 0.120. The summed E-state index contributed by atoms with van der Waals surface area (Å²) in [6, 6.07) is 17.4. The van der Waals surface area contributed by atoms with E-state index in [4.69, 9.17) is 9.15 Å². The van der Waals surface area contributed by atoms with Crippen molar-refractivity contribution in [3.63, 3.8) is 0 Å². The maximum atomic E-state index is 13.6. The summed E-state index contributed by atoms with van der Waals surface area (Å²) in [6.07, 6.45) is 0. The summed E-state index contributed by atoms with van der Waals surface area (Å²) in [6.45, 7) is 0.203. The summed E-state index contributed by atoms with van der Waals surface area (Å²) in [7, 11) is 1.57. The summed E-state index contributed by atoms with van der Waals surface area (Å²) in [5.41, 5.74) is 1.55. The maximum Gasteiger partial charge on any atom is 0.291 e. The standard InChI is InChI=1S/C25H17BrN2O6/c1-33-18-9-2-14(3-10-18)13-27-22(15-4-7-17(8-5-15)28(31)32)21-23(29)19-12-16(26)6-11-20(19)34-24(21)25(27)30/h2-12,22H,13H2,1H3. The van der Waals surface area contributed by atoms with Gasteiger partial charge in [0.25, 0.3) is 11.6 Å². The molecular weight excluding hydrogens is 504 g/mol. The van der Waals surface area contributed by atoms with E-state index in [2.05, 4.69) is 15.9 Å². The molecule has 1 aliphatic rings. The number of methoxy groups -OCH3 is 1. The van der Waals surface area contributed by atoms with Gasteiger partial charge in [-0.1, -0.05) is 28.1 Å². The minimum Gasteiger partial charge on any atom is -0.497 e. The van der Waals surface area contributed by atoms with E-state index >= 15 is 0 Å². The van der Waals surface area contributed by atoms with Crippen molar-refractivity contribution >= 4 is 38.5 Å². The van der Waals surface area contributed by atoms with Crippen LogP contribution in [0.4, 0.5) is 5.69 Å². The lowest BCUT2D eigenvalue weighted by Gasteiger charge is -2.25. The van der Waals surface area contributed by atoms with Crippen LogP contribution >= 0.6 is 15.9 Å². The highest BCUT2D eigenvalue weighted by Gasteiger charge is 2.42. The molecule has 0 spiro atoms. The van der Waals surface area contributed by atoms with Gasteiger partial charge in [-0.25, -0.2) is 0 Å². The van der Waals surface area contributed by atoms with Crippen molar-refractivity contribution in [1.29, 1.82) is 0 Å². The van der Waals surface area contributed by atoms with Crippen LogP contribution in [0.3, 0.4) is 0 Å². The number of nitro groups is 1. The van der Waals surface area contributed by atoms with E-state index in [0.717, 1.165) is 5.56 Å². The Kier molecular flexibility index (Phi) is 5.41. The summed E-state index contributed by atoms with van der Waals surface area (Å²) in [5.74, 6) is 0.244. The monoisotopic (exact) mass is 520 g/mol. The zero-order chi connectivity index (χ0) is 24.0. The molecule has 1 aromatic heterocycles. The Bertz CT molecular complexity index is 1500. The van der Waals surface area contributed by atoms with Gasteiger partial charge in [0, 0.05) is 23.2 Å². The van der Waals surface area contributed by atoms with E-state index in [0.29, 0.717) is 26.8 Å². The molecule has 9 heteroatoms. The first-order chi connectivity index (χ1) is 16.4. The second-order valence-corrected chi connectivity index (χ2v) is 8.76. The second-order valence-electron chi connectivity index (χ2n) is 7.85.